The Kier molecular flexibility index (Phi) is 4.07. The summed E-state index contributed by atoms with van der Waals surface area (Å²) in [6, 6.07) is 7.24. The molecule has 17 heavy (non-hydrogen) atoms. The highest BCUT2D eigenvalue weighted by molar-refractivity contribution is 5.23. The summed E-state index contributed by atoms with van der Waals surface area (Å²) in [5.74, 6) is 0. The summed E-state index contributed by atoms with van der Waals surface area (Å²) in [6.45, 7) is 6.02. The Morgan fingerprint density at radius 1 is 1.29 bits per heavy atom. The minimum absolute atomic E-state index is 0.0992. The van der Waals surface area contributed by atoms with Gasteiger partial charge in [-0.3, -0.25) is 4.90 Å². The van der Waals surface area contributed by atoms with E-state index in [-0.39, 0.29) is 5.56 Å². The highest BCUT2D eigenvalue weighted by Gasteiger charge is 2.23. The number of nitrogens with zero attached hydrogens (tertiary/aromatic N) is 1. The molecule has 0 unspecified atom stereocenters. The highest BCUT2D eigenvalue weighted by Crippen LogP contribution is 2.19. The molecule has 0 amide bonds. The molecule has 1 aliphatic heterocycles. The molecule has 1 fully saturated rings. The van der Waals surface area contributed by atoms with Gasteiger partial charge in [0.15, 0.2) is 0 Å². The van der Waals surface area contributed by atoms with Gasteiger partial charge in [0.05, 0.1) is 0 Å². The molecular formula is C13H18F2N2. The van der Waals surface area contributed by atoms with Crippen molar-refractivity contribution in [3.63, 3.8) is 0 Å². The van der Waals surface area contributed by atoms with Crippen LogP contribution in [-0.2, 0) is 6.54 Å². The van der Waals surface area contributed by atoms with E-state index in [4.69, 9.17) is 0 Å². The van der Waals surface area contributed by atoms with Gasteiger partial charge in [0.2, 0.25) is 0 Å². The van der Waals surface area contributed by atoms with Gasteiger partial charge < -0.3 is 5.32 Å². The lowest BCUT2D eigenvalue weighted by atomic mass is 10.1. The van der Waals surface area contributed by atoms with Crippen LogP contribution in [0.25, 0.3) is 0 Å². The number of hydrogen-bond donors (Lipinski definition) is 1. The van der Waals surface area contributed by atoms with E-state index in [2.05, 4.69) is 17.1 Å². The molecule has 1 saturated heterocycles. The number of halogens is 2. The molecule has 1 N–H and O–H groups in total. The maximum atomic E-state index is 12.4. The molecule has 2 rings (SSSR count). The van der Waals surface area contributed by atoms with Crippen LogP contribution in [0.1, 0.15) is 24.5 Å². The fourth-order valence-electron chi connectivity index (χ4n) is 2.03. The average Bonchev–Trinajstić information content (AvgIpc) is 2.26. The summed E-state index contributed by atoms with van der Waals surface area (Å²) in [5.41, 5.74) is 1.20. The standard InChI is InChI=1S/C13H18F2N2/c1-2-17(12-7-16-8-12)9-10-3-5-11(6-4-10)13(14)15/h3-6,12-13,16H,2,7-9H2,1H3. The number of likely N-dealkylation sites (N-methyl/N-ethyl adjacent to an activating group) is 1. The molecule has 0 aliphatic carbocycles. The largest absolute Gasteiger partial charge is 0.314 e. The molecule has 0 bridgehead atoms. The Morgan fingerprint density at radius 2 is 1.94 bits per heavy atom. The van der Waals surface area contributed by atoms with E-state index in [1.54, 1.807) is 12.1 Å². The summed E-state index contributed by atoms with van der Waals surface area (Å²) >= 11 is 0. The van der Waals surface area contributed by atoms with Crippen molar-refractivity contribution in [3.05, 3.63) is 35.4 Å². The maximum absolute atomic E-state index is 12.4. The zero-order valence-electron chi connectivity index (χ0n) is 10.00. The van der Waals surface area contributed by atoms with Crippen LogP contribution in [0.15, 0.2) is 24.3 Å². The predicted octanol–water partition coefficient (Wildman–Crippen LogP) is 2.42. The Bertz CT molecular complexity index is 347. The van der Waals surface area contributed by atoms with Gasteiger partial charge in [0, 0.05) is 31.2 Å². The van der Waals surface area contributed by atoms with Gasteiger partial charge in [-0.1, -0.05) is 31.2 Å². The number of hydrogen-bond acceptors (Lipinski definition) is 2. The van der Waals surface area contributed by atoms with E-state index in [1.807, 2.05) is 0 Å². The van der Waals surface area contributed by atoms with Crippen molar-refractivity contribution in [2.24, 2.45) is 0 Å². The van der Waals surface area contributed by atoms with Crippen molar-refractivity contribution in [3.8, 4) is 0 Å². The Hall–Kier alpha value is -1.00. The van der Waals surface area contributed by atoms with Gasteiger partial charge >= 0.3 is 0 Å². The zero-order valence-corrected chi connectivity index (χ0v) is 10.00. The molecular weight excluding hydrogens is 222 g/mol. The smallest absolute Gasteiger partial charge is 0.263 e. The second-order valence-electron chi connectivity index (χ2n) is 4.42. The van der Waals surface area contributed by atoms with E-state index < -0.39 is 6.43 Å². The Balaban J connectivity index is 1.97. The lowest BCUT2D eigenvalue weighted by Crippen LogP contribution is -2.56. The third kappa shape index (κ3) is 3.01. The van der Waals surface area contributed by atoms with Gasteiger partial charge in [-0.05, 0) is 12.1 Å². The van der Waals surface area contributed by atoms with Crippen molar-refractivity contribution in [2.75, 3.05) is 19.6 Å². The summed E-state index contributed by atoms with van der Waals surface area (Å²) in [7, 11) is 0. The van der Waals surface area contributed by atoms with Crippen molar-refractivity contribution >= 4 is 0 Å². The molecule has 0 aromatic heterocycles. The van der Waals surface area contributed by atoms with Gasteiger partial charge in [0.1, 0.15) is 0 Å². The summed E-state index contributed by atoms with van der Waals surface area (Å²) < 4.78 is 24.8. The Morgan fingerprint density at radius 3 is 2.35 bits per heavy atom. The lowest BCUT2D eigenvalue weighted by Gasteiger charge is -2.37. The number of alkyl halides is 2. The quantitative estimate of drug-likeness (QED) is 0.850. The first kappa shape index (κ1) is 12.5. The van der Waals surface area contributed by atoms with Crippen LogP contribution in [0.4, 0.5) is 8.78 Å². The molecule has 1 heterocycles. The minimum Gasteiger partial charge on any atom is -0.314 e. The predicted molar refractivity (Wildman–Crippen MR) is 64.1 cm³/mol. The summed E-state index contributed by atoms with van der Waals surface area (Å²) in [4.78, 5) is 2.37. The molecule has 2 nitrogen and oxygen atoms in total. The summed E-state index contributed by atoms with van der Waals surface area (Å²) in [6.07, 6.45) is -2.37. The summed E-state index contributed by atoms with van der Waals surface area (Å²) in [5, 5.41) is 3.24. The molecule has 4 heteroatoms. The van der Waals surface area contributed by atoms with Gasteiger partial charge in [-0.25, -0.2) is 8.78 Å². The minimum atomic E-state index is -2.37. The number of rotatable bonds is 5. The first-order chi connectivity index (χ1) is 8.20. The van der Waals surface area contributed by atoms with E-state index in [0.717, 1.165) is 31.7 Å². The fourth-order valence-corrected chi connectivity index (χ4v) is 2.03. The van der Waals surface area contributed by atoms with Crippen LogP contribution in [0.5, 0.6) is 0 Å². The van der Waals surface area contributed by atoms with Crippen molar-refractivity contribution in [1.29, 1.82) is 0 Å². The van der Waals surface area contributed by atoms with E-state index in [1.165, 1.54) is 12.1 Å². The Labute approximate surface area is 101 Å². The van der Waals surface area contributed by atoms with Crippen LogP contribution in [0, 0.1) is 0 Å². The first-order valence-corrected chi connectivity index (χ1v) is 6.02. The van der Waals surface area contributed by atoms with Crippen LogP contribution >= 0.6 is 0 Å². The van der Waals surface area contributed by atoms with Gasteiger partial charge in [0.25, 0.3) is 6.43 Å². The highest BCUT2D eigenvalue weighted by atomic mass is 19.3. The van der Waals surface area contributed by atoms with E-state index in [0.29, 0.717) is 6.04 Å². The van der Waals surface area contributed by atoms with Crippen LogP contribution in [0.2, 0.25) is 0 Å². The lowest BCUT2D eigenvalue weighted by molar-refractivity contribution is 0.144. The fraction of sp³-hybridized carbons (Fsp3) is 0.538. The normalized spacial score (nSPS) is 16.5. The van der Waals surface area contributed by atoms with Crippen LogP contribution in [-0.4, -0.2) is 30.6 Å². The molecule has 1 aromatic rings. The van der Waals surface area contributed by atoms with Crippen LogP contribution < -0.4 is 5.32 Å². The molecule has 0 atom stereocenters. The number of nitrogens with one attached hydrogen (secondary N) is 1. The van der Waals surface area contributed by atoms with Crippen molar-refractivity contribution in [1.82, 2.24) is 10.2 Å². The monoisotopic (exact) mass is 240 g/mol. The first-order valence-electron chi connectivity index (χ1n) is 6.02. The molecule has 0 radical (unpaired) electrons. The SMILES string of the molecule is CCN(Cc1ccc(C(F)F)cc1)C1CNC1. The molecule has 94 valence electrons. The molecule has 0 spiro atoms. The zero-order chi connectivity index (χ0) is 12.3. The second-order valence-corrected chi connectivity index (χ2v) is 4.42. The number of benzene rings is 1. The van der Waals surface area contributed by atoms with Crippen molar-refractivity contribution in [2.45, 2.75) is 25.9 Å². The molecule has 1 aliphatic rings. The molecule has 1 aromatic carbocycles. The molecule has 0 saturated carbocycles. The topological polar surface area (TPSA) is 15.3 Å². The average molecular weight is 240 g/mol. The van der Waals surface area contributed by atoms with Crippen LogP contribution in [0.3, 0.4) is 0 Å². The maximum Gasteiger partial charge on any atom is 0.263 e. The second kappa shape index (κ2) is 5.56. The van der Waals surface area contributed by atoms with E-state index >= 15 is 0 Å². The van der Waals surface area contributed by atoms with Crippen molar-refractivity contribution < 1.29 is 8.78 Å². The third-order valence-electron chi connectivity index (χ3n) is 3.30. The van der Waals surface area contributed by atoms with E-state index in [9.17, 15) is 8.78 Å². The third-order valence-corrected chi connectivity index (χ3v) is 3.30. The van der Waals surface area contributed by atoms with Gasteiger partial charge in [-0.2, -0.15) is 0 Å². The van der Waals surface area contributed by atoms with Gasteiger partial charge in [-0.15, -0.1) is 0 Å².